The van der Waals surface area contributed by atoms with Crippen LogP contribution in [0.1, 0.15) is 71.2 Å². The van der Waals surface area contributed by atoms with Crippen LogP contribution in [0.3, 0.4) is 0 Å². The van der Waals surface area contributed by atoms with E-state index in [9.17, 15) is 10.2 Å². The minimum Gasteiger partial charge on any atom is -0.412 e. The van der Waals surface area contributed by atoms with Crippen LogP contribution in [0, 0.1) is 0 Å². The molecule has 0 saturated carbocycles. The standard InChI is InChI=1S/2C17H23N5O.H2O/c2*1-20-6-3-12(4-7-20)16-14-9-13(10-23)21(2)15(14)5-8-22-17(16)18-11-19-22;/h2*9,11,23H,3-8,10H2,1-2H3;1H2. The van der Waals surface area contributed by atoms with Crippen molar-refractivity contribution in [2.24, 2.45) is 14.1 Å². The van der Waals surface area contributed by atoms with E-state index in [1.165, 1.54) is 44.8 Å². The zero-order chi connectivity index (χ0) is 31.9. The van der Waals surface area contributed by atoms with Gasteiger partial charge in [-0.15, -0.1) is 0 Å². The molecule has 4 aromatic heterocycles. The molecule has 4 aliphatic heterocycles. The molecule has 0 aromatic carbocycles. The summed E-state index contributed by atoms with van der Waals surface area (Å²) in [7, 11) is 8.44. The van der Waals surface area contributed by atoms with Gasteiger partial charge in [-0.3, -0.25) is 0 Å². The van der Waals surface area contributed by atoms with E-state index in [2.05, 4.69) is 65.3 Å². The monoisotopic (exact) mass is 644 g/mol. The van der Waals surface area contributed by atoms with Gasteiger partial charge in [-0.05, 0) is 51.9 Å². The lowest BCUT2D eigenvalue weighted by Gasteiger charge is -2.26. The lowest BCUT2D eigenvalue weighted by molar-refractivity contribution is 0.272. The smallest absolute Gasteiger partial charge is 0.158 e. The summed E-state index contributed by atoms with van der Waals surface area (Å²) in [5.74, 6) is 1.97. The van der Waals surface area contributed by atoms with Crippen LogP contribution in [0.25, 0.3) is 11.1 Å². The zero-order valence-electron chi connectivity index (χ0n) is 28.1. The van der Waals surface area contributed by atoms with Crippen LogP contribution in [0.4, 0.5) is 0 Å². The van der Waals surface area contributed by atoms with Crippen molar-refractivity contribution < 1.29 is 15.7 Å². The van der Waals surface area contributed by atoms with Crippen LogP contribution in [-0.2, 0) is 53.2 Å². The predicted molar refractivity (Wildman–Crippen MR) is 179 cm³/mol. The van der Waals surface area contributed by atoms with Crippen LogP contribution < -0.4 is 0 Å². The Morgan fingerprint density at radius 3 is 1.32 bits per heavy atom. The largest absolute Gasteiger partial charge is 0.412 e. The molecular formula is C34H48N10O3. The summed E-state index contributed by atoms with van der Waals surface area (Å²) >= 11 is 0. The van der Waals surface area contributed by atoms with E-state index >= 15 is 0 Å². The Bertz CT molecular complexity index is 1650. The Kier molecular flexibility index (Phi) is 9.62. The van der Waals surface area contributed by atoms with Crippen molar-refractivity contribution in [2.75, 3.05) is 40.3 Å². The average Bonchev–Trinajstić information content (AvgIpc) is 3.82. The maximum absolute atomic E-state index is 9.65. The molecule has 0 amide bonds. The Morgan fingerprint density at radius 2 is 0.957 bits per heavy atom. The SMILES string of the molecule is CN1CCC(=C2c3cc(CO)n(C)c3CCn3ncnc32)CC1.CN1CCC(=C2c3cc(CO)n(C)c3CCn3ncnc32)CC1.O. The normalized spacial score (nSPS) is 18.3. The second-order valence-electron chi connectivity index (χ2n) is 13.1. The number of aromatic nitrogens is 8. The highest BCUT2D eigenvalue weighted by Gasteiger charge is 2.29. The van der Waals surface area contributed by atoms with Gasteiger partial charge < -0.3 is 34.6 Å². The number of hydrogen-bond acceptors (Lipinski definition) is 8. The van der Waals surface area contributed by atoms with E-state index in [4.69, 9.17) is 0 Å². The molecule has 4 aliphatic rings. The lowest BCUT2D eigenvalue weighted by atomic mass is 9.92. The summed E-state index contributed by atoms with van der Waals surface area (Å²) in [6.07, 6.45) is 9.43. The van der Waals surface area contributed by atoms with E-state index in [-0.39, 0.29) is 18.7 Å². The number of piperidine rings is 2. The van der Waals surface area contributed by atoms with E-state index < -0.39 is 0 Å². The van der Waals surface area contributed by atoms with E-state index in [0.29, 0.717) is 0 Å². The van der Waals surface area contributed by atoms with Gasteiger partial charge in [-0.1, -0.05) is 11.1 Å². The Morgan fingerprint density at radius 1 is 0.574 bits per heavy atom. The van der Waals surface area contributed by atoms with Gasteiger partial charge in [0.05, 0.1) is 13.2 Å². The minimum absolute atomic E-state index is 0. The number of likely N-dealkylation sites (tertiary alicyclic amines) is 2. The Hall–Kier alpha value is -3.88. The summed E-state index contributed by atoms with van der Waals surface area (Å²) < 4.78 is 8.33. The fourth-order valence-electron chi connectivity index (χ4n) is 7.62. The first-order valence-corrected chi connectivity index (χ1v) is 16.5. The fourth-order valence-corrected chi connectivity index (χ4v) is 7.62. The average molecular weight is 645 g/mol. The van der Waals surface area contributed by atoms with Gasteiger partial charge in [0.1, 0.15) is 12.7 Å². The first-order valence-electron chi connectivity index (χ1n) is 16.5. The van der Waals surface area contributed by atoms with Crippen molar-refractivity contribution in [3.05, 3.63) is 81.5 Å². The number of rotatable bonds is 2. The Balaban J connectivity index is 0.000000161. The molecule has 0 aliphatic carbocycles. The summed E-state index contributed by atoms with van der Waals surface area (Å²) in [5, 5.41) is 28.1. The Labute approximate surface area is 275 Å². The quantitative estimate of drug-likeness (QED) is 0.334. The molecule has 0 radical (unpaired) electrons. The van der Waals surface area contributed by atoms with Crippen LogP contribution in [-0.4, -0.2) is 104 Å². The molecule has 47 heavy (non-hydrogen) atoms. The first kappa shape index (κ1) is 33.0. The van der Waals surface area contributed by atoms with Gasteiger partial charge in [0.15, 0.2) is 11.6 Å². The van der Waals surface area contributed by atoms with Crippen molar-refractivity contribution in [3.63, 3.8) is 0 Å². The van der Waals surface area contributed by atoms with Gasteiger partial charge in [0, 0.05) is 111 Å². The van der Waals surface area contributed by atoms with Crippen LogP contribution in [0.2, 0.25) is 0 Å². The molecule has 252 valence electrons. The number of nitrogens with zero attached hydrogens (tertiary/aromatic N) is 10. The summed E-state index contributed by atoms with van der Waals surface area (Å²) in [5.41, 5.74) is 12.4. The fraction of sp³-hybridized carbons (Fsp3) is 0.529. The molecule has 0 unspecified atom stereocenters. The molecule has 2 fully saturated rings. The first-order chi connectivity index (χ1) is 22.4. The summed E-state index contributed by atoms with van der Waals surface area (Å²) in [6.45, 7) is 6.15. The zero-order valence-corrected chi connectivity index (χ0v) is 28.1. The maximum Gasteiger partial charge on any atom is 0.158 e. The highest BCUT2D eigenvalue weighted by molar-refractivity contribution is 5.82. The summed E-state index contributed by atoms with van der Waals surface area (Å²) in [6, 6.07) is 4.28. The van der Waals surface area contributed by atoms with Crippen molar-refractivity contribution in [1.29, 1.82) is 0 Å². The molecule has 0 atom stereocenters. The number of hydrogen-bond donors (Lipinski definition) is 2. The highest BCUT2D eigenvalue weighted by Crippen LogP contribution is 2.38. The van der Waals surface area contributed by atoms with Crippen molar-refractivity contribution in [3.8, 4) is 0 Å². The predicted octanol–water partition coefficient (Wildman–Crippen LogP) is 1.56. The van der Waals surface area contributed by atoms with Crippen LogP contribution in [0.5, 0.6) is 0 Å². The molecule has 4 aromatic rings. The topological polar surface area (TPSA) is 150 Å². The van der Waals surface area contributed by atoms with Crippen LogP contribution in [0.15, 0.2) is 35.9 Å². The molecular weight excluding hydrogens is 596 g/mol. The highest BCUT2D eigenvalue weighted by atomic mass is 16.3. The maximum atomic E-state index is 9.65. The molecule has 13 nitrogen and oxygen atoms in total. The second kappa shape index (κ2) is 13.7. The van der Waals surface area contributed by atoms with Crippen molar-refractivity contribution in [2.45, 2.75) is 64.8 Å². The number of aryl methyl sites for hydroxylation is 2. The molecule has 13 heteroatoms. The number of aliphatic hydroxyl groups is 2. The third kappa shape index (κ3) is 6.02. The second-order valence-corrected chi connectivity index (χ2v) is 13.1. The minimum atomic E-state index is 0. The number of fused-ring (bicyclic) bond motifs is 4. The molecule has 4 N–H and O–H groups in total. The molecule has 8 heterocycles. The third-order valence-electron chi connectivity index (χ3n) is 10.5. The van der Waals surface area contributed by atoms with Gasteiger partial charge in [-0.25, -0.2) is 19.3 Å². The molecule has 8 rings (SSSR count). The van der Waals surface area contributed by atoms with E-state index in [1.807, 2.05) is 23.5 Å². The van der Waals surface area contributed by atoms with Crippen LogP contribution >= 0.6 is 0 Å². The van der Waals surface area contributed by atoms with Gasteiger partial charge in [0.2, 0.25) is 0 Å². The van der Waals surface area contributed by atoms with Gasteiger partial charge in [0.25, 0.3) is 0 Å². The van der Waals surface area contributed by atoms with E-state index in [0.717, 1.165) is 101 Å². The van der Waals surface area contributed by atoms with Crippen molar-refractivity contribution in [1.82, 2.24) is 48.5 Å². The number of aliphatic hydroxyl groups excluding tert-OH is 2. The van der Waals surface area contributed by atoms with Gasteiger partial charge in [-0.2, -0.15) is 10.2 Å². The van der Waals surface area contributed by atoms with E-state index in [1.54, 1.807) is 12.7 Å². The lowest BCUT2D eigenvalue weighted by Crippen LogP contribution is -2.27. The molecule has 0 spiro atoms. The molecule has 0 bridgehead atoms. The van der Waals surface area contributed by atoms with Crippen molar-refractivity contribution >= 4 is 11.1 Å². The van der Waals surface area contributed by atoms with Gasteiger partial charge >= 0.3 is 0 Å². The summed E-state index contributed by atoms with van der Waals surface area (Å²) in [4.78, 5) is 13.9. The third-order valence-corrected chi connectivity index (χ3v) is 10.5. The molecule has 2 saturated heterocycles.